The highest BCUT2D eigenvalue weighted by atomic mass is 35.5. The first-order valence-corrected chi connectivity index (χ1v) is 7.20. The number of likely N-dealkylation sites (N-methyl/N-ethyl adjacent to an activating group) is 1. The molecule has 2 nitrogen and oxygen atoms in total. The van der Waals surface area contributed by atoms with Gasteiger partial charge in [-0.2, -0.15) is 0 Å². The van der Waals surface area contributed by atoms with Crippen LogP contribution in [0, 0.1) is 13.8 Å². The number of hydrogen-bond donors (Lipinski definition) is 1. The van der Waals surface area contributed by atoms with Crippen LogP contribution in [0.3, 0.4) is 0 Å². The van der Waals surface area contributed by atoms with E-state index in [2.05, 4.69) is 27.8 Å². The lowest BCUT2D eigenvalue weighted by Gasteiger charge is -2.17. The van der Waals surface area contributed by atoms with Crippen molar-refractivity contribution >= 4 is 22.9 Å². The quantitative estimate of drug-likeness (QED) is 0.918. The molecule has 0 bridgehead atoms. The van der Waals surface area contributed by atoms with E-state index in [0.29, 0.717) is 0 Å². The second-order valence-electron chi connectivity index (χ2n) is 4.43. The third-order valence-electron chi connectivity index (χ3n) is 2.96. The van der Waals surface area contributed by atoms with E-state index in [1.807, 2.05) is 27.0 Å². The summed E-state index contributed by atoms with van der Waals surface area (Å²) in [5.74, 6) is 0. The lowest BCUT2D eigenvalue weighted by atomic mass is 10.0. The Morgan fingerprint density at radius 1 is 1.39 bits per heavy atom. The standard InChI is InChI=1S/C14H17ClN2S/c1-9-4-5-12(13(15)6-9)14(16-3)7-11-8-18-10(2)17-11/h4-6,8,14,16H,7H2,1-3H3. The molecule has 0 aliphatic carbocycles. The summed E-state index contributed by atoms with van der Waals surface area (Å²) in [6.45, 7) is 4.08. The van der Waals surface area contributed by atoms with E-state index in [9.17, 15) is 0 Å². The summed E-state index contributed by atoms with van der Waals surface area (Å²) in [5, 5.41) is 7.36. The average Bonchev–Trinajstić information content (AvgIpc) is 2.72. The second-order valence-corrected chi connectivity index (χ2v) is 5.90. The van der Waals surface area contributed by atoms with Crippen LogP contribution in [0.25, 0.3) is 0 Å². The Balaban J connectivity index is 2.22. The summed E-state index contributed by atoms with van der Waals surface area (Å²) in [5.41, 5.74) is 3.44. The molecule has 1 atom stereocenters. The second kappa shape index (κ2) is 5.83. The van der Waals surface area contributed by atoms with E-state index in [-0.39, 0.29) is 6.04 Å². The Kier molecular flexibility index (Phi) is 4.38. The Bertz CT molecular complexity index is 536. The number of thiazole rings is 1. The van der Waals surface area contributed by atoms with Crippen LogP contribution < -0.4 is 5.32 Å². The number of nitrogens with one attached hydrogen (secondary N) is 1. The van der Waals surface area contributed by atoms with Gasteiger partial charge in [-0.05, 0) is 38.1 Å². The van der Waals surface area contributed by atoms with Crippen molar-refractivity contribution in [3.63, 3.8) is 0 Å². The molecule has 0 saturated carbocycles. The van der Waals surface area contributed by atoms with Crippen molar-refractivity contribution in [3.8, 4) is 0 Å². The molecule has 2 aromatic rings. The number of halogens is 1. The minimum atomic E-state index is 0.208. The lowest BCUT2D eigenvalue weighted by molar-refractivity contribution is 0.585. The molecule has 0 radical (unpaired) electrons. The van der Waals surface area contributed by atoms with Crippen molar-refractivity contribution in [3.05, 3.63) is 50.4 Å². The molecular formula is C14H17ClN2S. The molecule has 18 heavy (non-hydrogen) atoms. The predicted molar refractivity (Wildman–Crippen MR) is 78.5 cm³/mol. The zero-order valence-electron chi connectivity index (χ0n) is 10.8. The maximum atomic E-state index is 6.32. The SMILES string of the molecule is CNC(Cc1csc(C)n1)c1ccc(C)cc1Cl. The Hall–Kier alpha value is -0.900. The van der Waals surface area contributed by atoms with Gasteiger partial charge in [0.2, 0.25) is 0 Å². The molecule has 0 saturated heterocycles. The molecule has 0 aliphatic rings. The third kappa shape index (κ3) is 3.10. The summed E-state index contributed by atoms with van der Waals surface area (Å²) in [6.07, 6.45) is 0.865. The van der Waals surface area contributed by atoms with Crippen LogP contribution in [-0.4, -0.2) is 12.0 Å². The van der Waals surface area contributed by atoms with Crippen LogP contribution in [0.15, 0.2) is 23.6 Å². The van der Waals surface area contributed by atoms with Gasteiger partial charge in [0.1, 0.15) is 0 Å². The van der Waals surface area contributed by atoms with Gasteiger partial charge in [-0.15, -0.1) is 11.3 Å². The highest BCUT2D eigenvalue weighted by Gasteiger charge is 2.14. The third-order valence-corrected chi connectivity index (χ3v) is 4.11. The van der Waals surface area contributed by atoms with Crippen molar-refractivity contribution in [1.29, 1.82) is 0 Å². The van der Waals surface area contributed by atoms with E-state index in [0.717, 1.165) is 27.7 Å². The molecule has 1 aromatic carbocycles. The molecule has 0 aliphatic heterocycles. The van der Waals surface area contributed by atoms with Gasteiger partial charge >= 0.3 is 0 Å². The molecule has 2 rings (SSSR count). The number of benzene rings is 1. The van der Waals surface area contributed by atoms with Crippen molar-refractivity contribution < 1.29 is 0 Å². The number of nitrogens with zero attached hydrogens (tertiary/aromatic N) is 1. The first kappa shape index (κ1) is 13.5. The summed E-state index contributed by atoms with van der Waals surface area (Å²) < 4.78 is 0. The molecule has 96 valence electrons. The van der Waals surface area contributed by atoms with Gasteiger partial charge in [0.15, 0.2) is 0 Å². The molecule has 1 N–H and O–H groups in total. The monoisotopic (exact) mass is 280 g/mol. The largest absolute Gasteiger partial charge is 0.313 e. The topological polar surface area (TPSA) is 24.9 Å². The van der Waals surface area contributed by atoms with Gasteiger partial charge in [-0.1, -0.05) is 23.7 Å². The molecule has 1 heterocycles. The normalized spacial score (nSPS) is 12.7. The van der Waals surface area contributed by atoms with E-state index in [1.165, 1.54) is 5.56 Å². The van der Waals surface area contributed by atoms with Crippen molar-refractivity contribution in [2.45, 2.75) is 26.3 Å². The van der Waals surface area contributed by atoms with Gasteiger partial charge in [-0.3, -0.25) is 0 Å². The molecule has 4 heteroatoms. The first-order valence-electron chi connectivity index (χ1n) is 5.94. The zero-order chi connectivity index (χ0) is 13.1. The van der Waals surface area contributed by atoms with E-state index in [4.69, 9.17) is 11.6 Å². The Morgan fingerprint density at radius 2 is 2.17 bits per heavy atom. The number of aryl methyl sites for hydroxylation is 2. The molecule has 1 unspecified atom stereocenters. The predicted octanol–water partition coefficient (Wildman–Crippen LogP) is 3.92. The first-order chi connectivity index (χ1) is 8.60. The van der Waals surface area contributed by atoms with Gasteiger partial charge < -0.3 is 5.32 Å². The van der Waals surface area contributed by atoms with Gasteiger partial charge in [-0.25, -0.2) is 4.98 Å². The molecule has 0 fully saturated rings. The highest BCUT2D eigenvalue weighted by Crippen LogP contribution is 2.26. The Labute approximate surface area is 117 Å². The fourth-order valence-electron chi connectivity index (χ4n) is 1.99. The van der Waals surface area contributed by atoms with Gasteiger partial charge in [0.25, 0.3) is 0 Å². The van der Waals surface area contributed by atoms with Crippen LogP contribution in [0.2, 0.25) is 5.02 Å². The van der Waals surface area contributed by atoms with Crippen LogP contribution in [0.5, 0.6) is 0 Å². The zero-order valence-corrected chi connectivity index (χ0v) is 12.4. The van der Waals surface area contributed by atoms with Crippen LogP contribution in [0.1, 0.15) is 27.9 Å². The summed E-state index contributed by atoms with van der Waals surface area (Å²) >= 11 is 8.00. The smallest absolute Gasteiger partial charge is 0.0897 e. The van der Waals surface area contributed by atoms with Gasteiger partial charge in [0, 0.05) is 22.9 Å². The highest BCUT2D eigenvalue weighted by molar-refractivity contribution is 7.09. The van der Waals surface area contributed by atoms with E-state index in [1.54, 1.807) is 11.3 Å². The fraction of sp³-hybridized carbons (Fsp3) is 0.357. The van der Waals surface area contributed by atoms with Crippen molar-refractivity contribution in [1.82, 2.24) is 10.3 Å². The van der Waals surface area contributed by atoms with Gasteiger partial charge in [0.05, 0.1) is 10.7 Å². The minimum absolute atomic E-state index is 0.208. The molecule has 0 amide bonds. The summed E-state index contributed by atoms with van der Waals surface area (Å²) in [6, 6.07) is 6.41. The summed E-state index contributed by atoms with van der Waals surface area (Å²) in [7, 11) is 1.96. The number of rotatable bonds is 4. The molecular weight excluding hydrogens is 264 g/mol. The number of hydrogen-bond acceptors (Lipinski definition) is 3. The average molecular weight is 281 g/mol. The Morgan fingerprint density at radius 3 is 2.72 bits per heavy atom. The minimum Gasteiger partial charge on any atom is -0.313 e. The van der Waals surface area contributed by atoms with Crippen LogP contribution in [-0.2, 0) is 6.42 Å². The van der Waals surface area contributed by atoms with Crippen LogP contribution in [0.4, 0.5) is 0 Å². The lowest BCUT2D eigenvalue weighted by Crippen LogP contribution is -2.19. The van der Waals surface area contributed by atoms with Crippen molar-refractivity contribution in [2.24, 2.45) is 0 Å². The van der Waals surface area contributed by atoms with Crippen LogP contribution >= 0.6 is 22.9 Å². The maximum Gasteiger partial charge on any atom is 0.0897 e. The van der Waals surface area contributed by atoms with E-state index >= 15 is 0 Å². The van der Waals surface area contributed by atoms with Crippen molar-refractivity contribution in [2.75, 3.05) is 7.05 Å². The maximum absolute atomic E-state index is 6.32. The number of aromatic nitrogens is 1. The molecule has 0 spiro atoms. The fourth-order valence-corrected chi connectivity index (χ4v) is 2.99. The summed E-state index contributed by atoms with van der Waals surface area (Å²) in [4.78, 5) is 4.51. The molecule has 1 aromatic heterocycles. The van der Waals surface area contributed by atoms with E-state index < -0.39 is 0 Å².